The van der Waals surface area contributed by atoms with Gasteiger partial charge in [0.25, 0.3) is 0 Å². The molecule has 3 aromatic rings. The van der Waals surface area contributed by atoms with Crippen LogP contribution in [0.2, 0.25) is 0 Å². The lowest BCUT2D eigenvalue weighted by Gasteiger charge is -2.32. The van der Waals surface area contributed by atoms with Crippen LogP contribution in [0.3, 0.4) is 0 Å². The molecule has 1 N–H and O–H groups in total. The van der Waals surface area contributed by atoms with E-state index in [4.69, 9.17) is 9.15 Å². The van der Waals surface area contributed by atoms with Crippen LogP contribution in [0.4, 0.5) is 4.39 Å². The largest absolute Gasteiger partial charge is 0.458 e. The molecule has 1 aliphatic carbocycles. The molecule has 10 nitrogen and oxygen atoms in total. The van der Waals surface area contributed by atoms with Crippen LogP contribution in [0.5, 0.6) is 0 Å². The monoisotopic (exact) mass is 512 g/mol. The normalized spacial score (nSPS) is 14.6. The van der Waals surface area contributed by atoms with Crippen molar-refractivity contribution in [3.8, 4) is 11.6 Å². The fourth-order valence-corrected chi connectivity index (χ4v) is 4.52. The summed E-state index contributed by atoms with van der Waals surface area (Å²) in [7, 11) is 0. The fourth-order valence-electron chi connectivity index (χ4n) is 4.52. The van der Waals surface area contributed by atoms with E-state index >= 15 is 0 Å². The maximum atomic E-state index is 13.7. The zero-order valence-corrected chi connectivity index (χ0v) is 21.2. The highest BCUT2D eigenvalue weighted by atomic mass is 19.1. The van der Waals surface area contributed by atoms with E-state index in [1.807, 2.05) is 13.8 Å². The van der Waals surface area contributed by atoms with E-state index < -0.39 is 11.9 Å². The van der Waals surface area contributed by atoms with Gasteiger partial charge in [-0.1, -0.05) is 25.0 Å². The molecule has 198 valence electrons. The molecule has 2 aromatic heterocycles. The van der Waals surface area contributed by atoms with Crippen LogP contribution in [0, 0.1) is 12.7 Å². The first-order valence-electron chi connectivity index (χ1n) is 12.7. The van der Waals surface area contributed by atoms with E-state index in [2.05, 4.69) is 20.7 Å². The quantitative estimate of drug-likeness (QED) is 0.370. The summed E-state index contributed by atoms with van der Waals surface area (Å²) in [5, 5.41) is 15.4. The van der Waals surface area contributed by atoms with Crippen molar-refractivity contribution >= 4 is 11.8 Å². The zero-order chi connectivity index (χ0) is 26.2. The third-order valence-corrected chi connectivity index (χ3v) is 6.35. The minimum atomic E-state index is -0.939. The Bertz CT molecular complexity index is 1170. The number of hydrogen-bond acceptors (Lipinski definition) is 7. The van der Waals surface area contributed by atoms with Gasteiger partial charge >= 0.3 is 0 Å². The molecule has 2 amide bonds. The van der Waals surface area contributed by atoms with Crippen molar-refractivity contribution in [3.05, 3.63) is 53.5 Å². The van der Waals surface area contributed by atoms with Crippen LogP contribution in [0.15, 0.2) is 40.8 Å². The Morgan fingerprint density at radius 1 is 1.22 bits per heavy atom. The summed E-state index contributed by atoms with van der Waals surface area (Å²) < 4.78 is 24.7. The number of aromatic nitrogens is 4. The molecular formula is C26H33FN6O4. The number of halogens is 1. The summed E-state index contributed by atoms with van der Waals surface area (Å²) in [4.78, 5) is 29.9. The molecule has 0 saturated heterocycles. The third kappa shape index (κ3) is 7.00. The molecule has 1 atom stereocenters. The number of rotatable bonds is 12. The van der Waals surface area contributed by atoms with E-state index in [0.29, 0.717) is 36.7 Å². The number of benzene rings is 1. The molecule has 1 fully saturated rings. The summed E-state index contributed by atoms with van der Waals surface area (Å²) in [6.07, 6.45) is 4.43. The van der Waals surface area contributed by atoms with Crippen LogP contribution >= 0.6 is 0 Å². The molecule has 1 saturated carbocycles. The number of nitrogens with one attached hydrogen (secondary N) is 1. The molecule has 0 spiro atoms. The van der Waals surface area contributed by atoms with Gasteiger partial charge in [-0.2, -0.15) is 4.80 Å². The van der Waals surface area contributed by atoms with E-state index in [1.54, 1.807) is 24.3 Å². The summed E-state index contributed by atoms with van der Waals surface area (Å²) in [6.45, 7) is 4.73. The average Bonchev–Trinajstić information content (AvgIpc) is 3.65. The maximum absolute atomic E-state index is 13.7. The Hall–Kier alpha value is -3.60. The maximum Gasteiger partial charge on any atom is 0.247 e. The van der Waals surface area contributed by atoms with Gasteiger partial charge in [-0.3, -0.25) is 9.59 Å². The van der Waals surface area contributed by atoms with Gasteiger partial charge in [0.05, 0.1) is 0 Å². The van der Waals surface area contributed by atoms with Gasteiger partial charge in [-0.05, 0) is 68.2 Å². The second-order valence-electron chi connectivity index (χ2n) is 9.14. The first kappa shape index (κ1) is 26.5. The van der Waals surface area contributed by atoms with Gasteiger partial charge in [0.1, 0.15) is 24.2 Å². The Morgan fingerprint density at radius 3 is 2.65 bits per heavy atom. The van der Waals surface area contributed by atoms with Gasteiger partial charge in [-0.25, -0.2) is 4.39 Å². The second-order valence-corrected chi connectivity index (χ2v) is 9.14. The second kappa shape index (κ2) is 12.6. The van der Waals surface area contributed by atoms with E-state index in [1.165, 1.54) is 21.8 Å². The van der Waals surface area contributed by atoms with Gasteiger partial charge in [0.15, 0.2) is 5.76 Å². The van der Waals surface area contributed by atoms with E-state index in [0.717, 1.165) is 25.7 Å². The molecule has 37 heavy (non-hydrogen) atoms. The number of nitrogens with zero attached hydrogens (tertiary/aromatic N) is 5. The Balaban J connectivity index is 1.58. The highest BCUT2D eigenvalue weighted by Crippen LogP contribution is 2.25. The molecule has 4 rings (SSSR count). The van der Waals surface area contributed by atoms with Crippen molar-refractivity contribution in [2.75, 3.05) is 19.8 Å². The molecule has 0 radical (unpaired) electrons. The molecule has 1 aromatic carbocycles. The van der Waals surface area contributed by atoms with E-state index in [-0.39, 0.29) is 36.8 Å². The highest BCUT2D eigenvalue weighted by molar-refractivity contribution is 5.88. The van der Waals surface area contributed by atoms with E-state index in [9.17, 15) is 14.0 Å². The topological polar surface area (TPSA) is 115 Å². The number of carbonyl (C=O) groups excluding carboxylic acids is 2. The van der Waals surface area contributed by atoms with Crippen molar-refractivity contribution in [1.82, 2.24) is 30.4 Å². The number of tetrazole rings is 1. The van der Waals surface area contributed by atoms with Crippen LogP contribution in [-0.4, -0.2) is 62.7 Å². The molecular weight excluding hydrogens is 479 g/mol. The zero-order valence-electron chi connectivity index (χ0n) is 21.2. The van der Waals surface area contributed by atoms with Crippen molar-refractivity contribution in [2.45, 2.75) is 64.6 Å². The molecule has 0 bridgehead atoms. The Morgan fingerprint density at radius 2 is 1.97 bits per heavy atom. The number of ether oxygens (including phenoxy) is 1. The third-order valence-electron chi connectivity index (χ3n) is 6.35. The lowest BCUT2D eigenvalue weighted by Crippen LogP contribution is -2.47. The average molecular weight is 513 g/mol. The minimum Gasteiger partial charge on any atom is -0.458 e. The van der Waals surface area contributed by atoms with Crippen molar-refractivity contribution < 1.29 is 23.1 Å². The van der Waals surface area contributed by atoms with Crippen molar-refractivity contribution in [3.63, 3.8) is 0 Å². The van der Waals surface area contributed by atoms with Crippen LogP contribution in [0.1, 0.15) is 56.4 Å². The summed E-state index contributed by atoms with van der Waals surface area (Å²) in [5.41, 5.74) is 0.528. The smallest absolute Gasteiger partial charge is 0.247 e. The molecule has 11 heteroatoms. The number of amides is 2. The first-order chi connectivity index (χ1) is 17.9. The van der Waals surface area contributed by atoms with Crippen molar-refractivity contribution in [2.24, 2.45) is 0 Å². The summed E-state index contributed by atoms with van der Waals surface area (Å²) >= 11 is 0. The van der Waals surface area contributed by atoms with Crippen LogP contribution < -0.4 is 5.32 Å². The molecule has 2 heterocycles. The Labute approximate surface area is 215 Å². The van der Waals surface area contributed by atoms with Gasteiger partial charge in [0, 0.05) is 25.8 Å². The van der Waals surface area contributed by atoms with Gasteiger partial charge < -0.3 is 19.4 Å². The van der Waals surface area contributed by atoms with Crippen LogP contribution in [0.25, 0.3) is 11.6 Å². The Kier molecular flexibility index (Phi) is 8.99. The number of hydrogen-bond donors (Lipinski definition) is 1. The first-order valence-corrected chi connectivity index (χ1v) is 12.7. The lowest BCUT2D eigenvalue weighted by atomic mass is 10.0. The van der Waals surface area contributed by atoms with Crippen LogP contribution in [-0.2, 0) is 20.9 Å². The predicted octanol–water partition coefficient (Wildman–Crippen LogP) is 3.44. The van der Waals surface area contributed by atoms with Gasteiger partial charge in [0.2, 0.25) is 17.6 Å². The van der Waals surface area contributed by atoms with Gasteiger partial charge in [-0.15, -0.1) is 10.2 Å². The highest BCUT2D eigenvalue weighted by Gasteiger charge is 2.33. The predicted molar refractivity (Wildman–Crippen MR) is 133 cm³/mol. The SMILES string of the molecule is CCOCCCN(C(=O)Cn1nnc(-c2ccc(C)o2)n1)C(C(=O)NC1CCCC1)c1ccc(F)cc1. The summed E-state index contributed by atoms with van der Waals surface area (Å²) in [5.74, 6) is 0.343. The molecule has 1 aliphatic rings. The summed E-state index contributed by atoms with van der Waals surface area (Å²) in [6, 6.07) is 8.33. The lowest BCUT2D eigenvalue weighted by molar-refractivity contribution is -0.142. The van der Waals surface area contributed by atoms with Crippen molar-refractivity contribution in [1.29, 1.82) is 0 Å². The number of carbonyl (C=O) groups is 2. The molecule has 1 unspecified atom stereocenters. The number of aryl methyl sites for hydroxylation is 1. The number of furan rings is 1. The fraction of sp³-hybridized carbons (Fsp3) is 0.500. The molecule has 0 aliphatic heterocycles. The standard InChI is InChI=1S/C26H33FN6O4/c1-3-36-16-6-15-32(23(34)17-33-30-25(29-31-33)22-14-9-18(2)37-22)24(19-10-12-20(27)13-11-19)26(35)28-21-7-4-5-8-21/h9-14,21,24H,3-8,15-17H2,1-2H3,(H,28,35). The minimum absolute atomic E-state index is 0.0621.